The Kier molecular flexibility index (Phi) is 3.72. The molecular formula is C15H14BrN3S. The van der Waals surface area contributed by atoms with Crippen LogP contribution >= 0.6 is 27.3 Å². The lowest BCUT2D eigenvalue weighted by molar-refractivity contribution is 0.870. The number of fused-ring (bicyclic) bond motifs is 1. The van der Waals surface area contributed by atoms with Crippen molar-refractivity contribution in [2.75, 3.05) is 5.73 Å². The smallest absolute Gasteiger partial charge is 0.163 e. The van der Waals surface area contributed by atoms with Gasteiger partial charge in [-0.15, -0.1) is 11.3 Å². The van der Waals surface area contributed by atoms with Crippen molar-refractivity contribution in [3.63, 3.8) is 0 Å². The van der Waals surface area contributed by atoms with Gasteiger partial charge in [0.1, 0.15) is 5.82 Å². The molecule has 0 radical (unpaired) electrons. The number of aromatic nitrogens is 2. The van der Waals surface area contributed by atoms with Crippen molar-refractivity contribution in [3.05, 3.63) is 39.8 Å². The maximum Gasteiger partial charge on any atom is 0.163 e. The van der Waals surface area contributed by atoms with Gasteiger partial charge >= 0.3 is 0 Å². The van der Waals surface area contributed by atoms with Gasteiger partial charge in [-0.25, -0.2) is 9.97 Å². The molecule has 0 unspecified atom stereocenters. The highest BCUT2D eigenvalue weighted by molar-refractivity contribution is 9.10. The highest BCUT2D eigenvalue weighted by Gasteiger charge is 2.14. The number of thiophene rings is 1. The number of nitrogens with two attached hydrogens (primary N) is 1. The molecule has 0 aliphatic heterocycles. The first kappa shape index (κ1) is 13.5. The lowest BCUT2D eigenvalue weighted by Crippen LogP contribution is -2.02. The zero-order valence-corrected chi connectivity index (χ0v) is 13.5. The van der Waals surface area contributed by atoms with Crippen LogP contribution in [0.4, 0.5) is 5.82 Å². The summed E-state index contributed by atoms with van der Waals surface area (Å²) in [6, 6.07) is 8.29. The van der Waals surface area contributed by atoms with Crippen molar-refractivity contribution in [1.29, 1.82) is 0 Å². The van der Waals surface area contributed by atoms with Crippen LogP contribution in [-0.4, -0.2) is 9.97 Å². The van der Waals surface area contributed by atoms with E-state index in [1.54, 1.807) is 11.3 Å². The van der Waals surface area contributed by atoms with Gasteiger partial charge in [0.05, 0.1) is 10.2 Å². The van der Waals surface area contributed by atoms with Gasteiger partial charge in [-0.3, -0.25) is 0 Å². The quantitative estimate of drug-likeness (QED) is 0.749. The van der Waals surface area contributed by atoms with Gasteiger partial charge in [-0.05, 0) is 28.4 Å². The normalized spacial score (nSPS) is 11.1. The Hall–Kier alpha value is -1.46. The van der Waals surface area contributed by atoms with Crippen molar-refractivity contribution in [1.82, 2.24) is 9.97 Å². The Morgan fingerprint density at radius 3 is 2.85 bits per heavy atom. The number of anilines is 1. The fourth-order valence-corrected chi connectivity index (χ4v) is 3.50. The molecule has 0 saturated carbocycles. The highest BCUT2D eigenvalue weighted by Crippen LogP contribution is 2.34. The van der Waals surface area contributed by atoms with E-state index in [1.165, 1.54) is 10.1 Å². The van der Waals surface area contributed by atoms with Crippen LogP contribution in [0.15, 0.2) is 34.1 Å². The van der Waals surface area contributed by atoms with Crippen LogP contribution in [-0.2, 0) is 6.42 Å². The van der Waals surface area contributed by atoms with Gasteiger partial charge in [0.25, 0.3) is 0 Å². The van der Waals surface area contributed by atoms with E-state index in [9.17, 15) is 0 Å². The van der Waals surface area contributed by atoms with Gasteiger partial charge in [0.15, 0.2) is 5.82 Å². The Morgan fingerprint density at radius 2 is 2.05 bits per heavy atom. The Morgan fingerprint density at radius 1 is 1.25 bits per heavy atom. The molecule has 0 aliphatic rings. The summed E-state index contributed by atoms with van der Waals surface area (Å²) in [6.07, 6.45) is 1.92. The first-order chi connectivity index (χ1) is 9.70. The molecule has 0 spiro atoms. The van der Waals surface area contributed by atoms with Crippen LogP contribution in [0, 0.1) is 0 Å². The molecule has 0 aliphatic carbocycles. The summed E-state index contributed by atoms with van der Waals surface area (Å²) in [7, 11) is 0. The molecule has 102 valence electrons. The number of aryl methyl sites for hydroxylation is 1. The van der Waals surface area contributed by atoms with Gasteiger partial charge in [0, 0.05) is 21.0 Å². The fourth-order valence-electron chi connectivity index (χ4n) is 2.19. The predicted octanol–water partition coefficient (Wildman–Crippen LogP) is 4.66. The van der Waals surface area contributed by atoms with Crippen molar-refractivity contribution >= 4 is 43.2 Å². The molecule has 20 heavy (non-hydrogen) atoms. The number of hydrogen-bond acceptors (Lipinski definition) is 4. The number of halogens is 1. The molecule has 3 aromatic rings. The van der Waals surface area contributed by atoms with Gasteiger partial charge in [0.2, 0.25) is 0 Å². The molecule has 0 fully saturated rings. The van der Waals surface area contributed by atoms with Crippen molar-refractivity contribution in [3.8, 4) is 11.4 Å². The maximum absolute atomic E-state index is 6.01. The summed E-state index contributed by atoms with van der Waals surface area (Å²) < 4.78 is 2.06. The second kappa shape index (κ2) is 5.50. The summed E-state index contributed by atoms with van der Waals surface area (Å²) in [5.41, 5.74) is 8.04. The predicted molar refractivity (Wildman–Crippen MR) is 89.0 cm³/mol. The van der Waals surface area contributed by atoms with Crippen molar-refractivity contribution < 1.29 is 0 Å². The minimum Gasteiger partial charge on any atom is -0.383 e. The Labute approximate surface area is 130 Å². The minimum atomic E-state index is 0.508. The zero-order valence-electron chi connectivity index (χ0n) is 11.1. The first-order valence-corrected chi connectivity index (χ1v) is 8.16. The van der Waals surface area contributed by atoms with E-state index in [4.69, 9.17) is 5.73 Å². The first-order valence-electron chi connectivity index (χ1n) is 6.49. The minimum absolute atomic E-state index is 0.508. The largest absolute Gasteiger partial charge is 0.383 e. The Balaban J connectivity index is 2.19. The summed E-state index contributed by atoms with van der Waals surface area (Å²) in [5, 5.41) is 3.28. The van der Waals surface area contributed by atoms with E-state index >= 15 is 0 Å². The topological polar surface area (TPSA) is 51.8 Å². The maximum atomic E-state index is 6.01. The number of rotatable bonds is 3. The molecule has 3 rings (SSSR count). The van der Waals surface area contributed by atoms with Crippen LogP contribution in [0.25, 0.3) is 21.5 Å². The molecule has 3 nitrogen and oxygen atoms in total. The summed E-state index contributed by atoms with van der Waals surface area (Å²) >= 11 is 5.19. The van der Waals surface area contributed by atoms with E-state index in [0.717, 1.165) is 28.6 Å². The average Bonchev–Trinajstić information content (AvgIpc) is 2.88. The zero-order chi connectivity index (χ0) is 14.1. The third-order valence-corrected chi connectivity index (χ3v) is 4.98. The van der Waals surface area contributed by atoms with E-state index in [-0.39, 0.29) is 0 Å². The molecular weight excluding hydrogens is 334 g/mol. The fraction of sp³-hybridized carbons (Fsp3) is 0.200. The molecule has 5 heteroatoms. The van der Waals surface area contributed by atoms with E-state index < -0.39 is 0 Å². The van der Waals surface area contributed by atoms with Crippen LogP contribution < -0.4 is 5.73 Å². The molecule has 0 atom stereocenters. The van der Waals surface area contributed by atoms with E-state index in [0.29, 0.717) is 11.6 Å². The summed E-state index contributed by atoms with van der Waals surface area (Å²) in [5.74, 6) is 1.22. The lowest BCUT2D eigenvalue weighted by atomic mass is 10.1. The SMILES string of the molecule is CCCc1nc(-c2csc3ccccc23)nc(N)c1Br. The molecule has 2 aromatic heterocycles. The standard InChI is InChI=1S/C15H14BrN3S/c1-2-5-11-13(16)14(17)19-15(18-11)10-8-20-12-7-4-3-6-9(10)12/h3-4,6-8H,2,5H2,1H3,(H2,17,18,19). The van der Waals surface area contributed by atoms with E-state index in [1.807, 2.05) is 12.1 Å². The second-order valence-corrected chi connectivity index (χ2v) is 6.29. The van der Waals surface area contributed by atoms with Gasteiger partial charge < -0.3 is 5.73 Å². The summed E-state index contributed by atoms with van der Waals surface area (Å²) in [4.78, 5) is 9.12. The number of nitrogens with zero attached hydrogens (tertiary/aromatic N) is 2. The highest BCUT2D eigenvalue weighted by atomic mass is 79.9. The summed E-state index contributed by atoms with van der Waals surface area (Å²) in [6.45, 7) is 2.13. The van der Waals surface area contributed by atoms with Gasteiger partial charge in [-0.2, -0.15) is 0 Å². The molecule has 0 saturated heterocycles. The third-order valence-electron chi connectivity index (χ3n) is 3.15. The molecule has 2 N–H and O–H groups in total. The number of nitrogen functional groups attached to an aromatic ring is 1. The molecule has 0 bridgehead atoms. The van der Waals surface area contributed by atoms with Crippen LogP contribution in [0.1, 0.15) is 19.0 Å². The van der Waals surface area contributed by atoms with Crippen LogP contribution in [0.2, 0.25) is 0 Å². The van der Waals surface area contributed by atoms with Crippen LogP contribution in [0.5, 0.6) is 0 Å². The van der Waals surface area contributed by atoms with Gasteiger partial charge in [-0.1, -0.05) is 31.5 Å². The monoisotopic (exact) mass is 347 g/mol. The number of benzene rings is 1. The second-order valence-electron chi connectivity index (χ2n) is 4.59. The Bertz CT molecular complexity index is 767. The molecule has 1 aromatic carbocycles. The molecule has 0 amide bonds. The van der Waals surface area contributed by atoms with Crippen molar-refractivity contribution in [2.24, 2.45) is 0 Å². The third kappa shape index (κ3) is 2.31. The lowest BCUT2D eigenvalue weighted by Gasteiger charge is -2.07. The van der Waals surface area contributed by atoms with Crippen molar-refractivity contribution in [2.45, 2.75) is 19.8 Å². The van der Waals surface area contributed by atoms with Crippen LogP contribution in [0.3, 0.4) is 0 Å². The molecule has 2 heterocycles. The number of hydrogen-bond donors (Lipinski definition) is 1. The van der Waals surface area contributed by atoms with E-state index in [2.05, 4.69) is 50.3 Å². The average molecular weight is 348 g/mol.